The summed E-state index contributed by atoms with van der Waals surface area (Å²) in [5.41, 5.74) is 0.505. The van der Waals surface area contributed by atoms with Gasteiger partial charge in [-0.2, -0.15) is 0 Å². The Bertz CT molecular complexity index is 559. The Morgan fingerprint density at radius 1 is 1.32 bits per heavy atom. The summed E-state index contributed by atoms with van der Waals surface area (Å²) in [6.45, 7) is 3.68. The fraction of sp³-hybridized carbons (Fsp3) is 0.385. The number of nitrogens with zero attached hydrogens (tertiary/aromatic N) is 2. The van der Waals surface area contributed by atoms with Crippen molar-refractivity contribution in [3.8, 4) is 0 Å². The summed E-state index contributed by atoms with van der Waals surface area (Å²) < 4.78 is 31.9. The number of aromatic nitrogens is 2. The minimum Gasteiger partial charge on any atom is -0.425 e. The summed E-state index contributed by atoms with van der Waals surface area (Å²) in [7, 11) is 0. The normalized spacial score (nSPS) is 12.6. The van der Waals surface area contributed by atoms with Crippen LogP contribution in [-0.2, 0) is 5.75 Å². The van der Waals surface area contributed by atoms with E-state index in [1.54, 1.807) is 6.92 Å². The van der Waals surface area contributed by atoms with E-state index in [9.17, 15) is 8.78 Å². The molecular weight excluding hydrogens is 270 g/mol. The van der Waals surface area contributed by atoms with Crippen LogP contribution < -0.4 is 0 Å². The minimum absolute atomic E-state index is 0.0622. The number of rotatable bonds is 5. The molecule has 1 atom stereocenters. The van der Waals surface area contributed by atoms with Crippen LogP contribution in [-0.4, -0.2) is 10.2 Å². The predicted molar refractivity (Wildman–Crippen MR) is 69.7 cm³/mol. The molecule has 0 radical (unpaired) electrons. The van der Waals surface area contributed by atoms with Crippen LogP contribution in [0.3, 0.4) is 0 Å². The summed E-state index contributed by atoms with van der Waals surface area (Å²) in [5.74, 6) is 0.464. The molecule has 0 saturated heterocycles. The van der Waals surface area contributed by atoms with Crippen LogP contribution in [0.5, 0.6) is 0 Å². The number of halogens is 2. The van der Waals surface area contributed by atoms with Gasteiger partial charge in [-0.05, 0) is 12.5 Å². The van der Waals surface area contributed by atoms with Crippen LogP contribution in [0.1, 0.15) is 35.9 Å². The lowest BCUT2D eigenvalue weighted by Crippen LogP contribution is -1.98. The second-order valence-electron chi connectivity index (χ2n) is 4.09. The molecule has 19 heavy (non-hydrogen) atoms. The summed E-state index contributed by atoms with van der Waals surface area (Å²) in [5, 5.41) is 7.57. The number of aryl methyl sites for hydroxylation is 1. The first-order valence-electron chi connectivity index (χ1n) is 5.95. The fourth-order valence-corrected chi connectivity index (χ4v) is 2.82. The molecule has 0 amide bonds. The van der Waals surface area contributed by atoms with Crippen molar-refractivity contribution in [2.75, 3.05) is 0 Å². The molecule has 1 aromatic carbocycles. The second-order valence-corrected chi connectivity index (χ2v) is 5.28. The second kappa shape index (κ2) is 6.14. The zero-order valence-corrected chi connectivity index (χ0v) is 11.5. The van der Waals surface area contributed by atoms with Crippen molar-refractivity contribution in [2.45, 2.75) is 31.3 Å². The molecule has 0 saturated carbocycles. The van der Waals surface area contributed by atoms with Gasteiger partial charge in [-0.1, -0.05) is 13.0 Å². The number of hydrogen-bond acceptors (Lipinski definition) is 4. The molecule has 0 unspecified atom stereocenters. The van der Waals surface area contributed by atoms with Gasteiger partial charge >= 0.3 is 0 Å². The van der Waals surface area contributed by atoms with Gasteiger partial charge in [0.25, 0.3) is 0 Å². The van der Waals surface area contributed by atoms with Gasteiger partial charge in [-0.3, -0.25) is 0 Å². The lowest BCUT2D eigenvalue weighted by atomic mass is 10.1. The molecule has 0 spiro atoms. The average molecular weight is 284 g/mol. The van der Waals surface area contributed by atoms with Gasteiger partial charge < -0.3 is 4.42 Å². The molecule has 2 rings (SSSR count). The largest absolute Gasteiger partial charge is 0.425 e. The summed E-state index contributed by atoms with van der Waals surface area (Å²) >= 11 is 1.50. The summed E-state index contributed by atoms with van der Waals surface area (Å²) in [6.07, 6.45) is 0.736. The molecule has 3 nitrogen and oxygen atoms in total. The highest BCUT2D eigenvalue weighted by Gasteiger charge is 2.16. The molecule has 102 valence electrons. The van der Waals surface area contributed by atoms with Gasteiger partial charge in [-0.15, -0.1) is 22.0 Å². The Balaban J connectivity index is 2.07. The Labute approximate surface area is 114 Å². The fourth-order valence-electron chi connectivity index (χ4n) is 1.76. The first-order chi connectivity index (χ1) is 9.10. The van der Waals surface area contributed by atoms with Gasteiger partial charge in [0, 0.05) is 23.8 Å². The van der Waals surface area contributed by atoms with Gasteiger partial charge in [0.05, 0.1) is 5.75 Å². The molecule has 1 aromatic heterocycles. The standard InChI is InChI=1S/C13H14F2N2OS/c1-3-12(10-5-4-9(14)6-11(10)15)19-7-13-17-16-8(2)18-13/h4-6,12H,3,7H2,1-2H3/t12-/m1/s1. The quantitative estimate of drug-likeness (QED) is 0.830. The third-order valence-electron chi connectivity index (χ3n) is 2.66. The molecule has 0 N–H and O–H groups in total. The molecular formula is C13H14F2N2OS. The van der Waals surface area contributed by atoms with E-state index in [0.717, 1.165) is 12.5 Å². The van der Waals surface area contributed by atoms with Crippen LogP contribution >= 0.6 is 11.8 Å². The van der Waals surface area contributed by atoms with E-state index in [1.807, 2.05) is 6.92 Å². The SMILES string of the molecule is CC[C@@H](SCc1nnc(C)o1)c1ccc(F)cc1F. The van der Waals surface area contributed by atoms with E-state index in [0.29, 0.717) is 23.1 Å². The molecule has 0 aliphatic rings. The zero-order valence-electron chi connectivity index (χ0n) is 10.7. The summed E-state index contributed by atoms with van der Waals surface area (Å²) in [6, 6.07) is 3.68. The van der Waals surface area contributed by atoms with E-state index in [4.69, 9.17) is 4.42 Å². The number of thioether (sulfide) groups is 1. The van der Waals surface area contributed by atoms with Crippen LogP contribution in [0.4, 0.5) is 8.78 Å². The van der Waals surface area contributed by atoms with Crippen LogP contribution in [0, 0.1) is 18.6 Å². The molecule has 0 aliphatic heterocycles. The minimum atomic E-state index is -0.561. The average Bonchev–Trinajstić information content (AvgIpc) is 2.78. The van der Waals surface area contributed by atoms with E-state index in [1.165, 1.54) is 23.9 Å². The lowest BCUT2D eigenvalue weighted by molar-refractivity contribution is 0.485. The van der Waals surface area contributed by atoms with E-state index in [2.05, 4.69) is 10.2 Å². The molecule has 1 heterocycles. The Hall–Kier alpha value is -1.43. The predicted octanol–water partition coefficient (Wildman–Crippen LogP) is 4.04. The van der Waals surface area contributed by atoms with Crippen LogP contribution in [0.25, 0.3) is 0 Å². The lowest BCUT2D eigenvalue weighted by Gasteiger charge is -2.14. The van der Waals surface area contributed by atoms with Gasteiger partial charge in [0.1, 0.15) is 11.6 Å². The highest BCUT2D eigenvalue weighted by Crippen LogP contribution is 2.35. The van der Waals surface area contributed by atoms with E-state index in [-0.39, 0.29) is 5.25 Å². The molecule has 6 heteroatoms. The van der Waals surface area contributed by atoms with Crippen molar-refractivity contribution in [3.63, 3.8) is 0 Å². The number of benzene rings is 1. The molecule has 0 bridgehead atoms. The molecule has 0 fully saturated rings. The maximum Gasteiger partial charge on any atom is 0.226 e. The Morgan fingerprint density at radius 2 is 2.11 bits per heavy atom. The van der Waals surface area contributed by atoms with Crippen molar-refractivity contribution >= 4 is 11.8 Å². The third kappa shape index (κ3) is 3.53. The van der Waals surface area contributed by atoms with Crippen LogP contribution in [0.2, 0.25) is 0 Å². The summed E-state index contributed by atoms with van der Waals surface area (Å²) in [4.78, 5) is 0. The molecule has 2 aromatic rings. The third-order valence-corrected chi connectivity index (χ3v) is 4.06. The van der Waals surface area contributed by atoms with Gasteiger partial charge in [0.15, 0.2) is 0 Å². The monoisotopic (exact) mass is 284 g/mol. The first-order valence-corrected chi connectivity index (χ1v) is 7.00. The van der Waals surface area contributed by atoms with E-state index >= 15 is 0 Å². The maximum atomic E-state index is 13.7. The van der Waals surface area contributed by atoms with Crippen LogP contribution in [0.15, 0.2) is 22.6 Å². The van der Waals surface area contributed by atoms with Crippen molar-refractivity contribution in [3.05, 3.63) is 47.2 Å². The zero-order chi connectivity index (χ0) is 13.8. The number of hydrogen-bond donors (Lipinski definition) is 0. The van der Waals surface area contributed by atoms with Crippen molar-refractivity contribution in [1.82, 2.24) is 10.2 Å². The van der Waals surface area contributed by atoms with Crippen molar-refractivity contribution < 1.29 is 13.2 Å². The first kappa shape index (κ1) is 14.0. The smallest absolute Gasteiger partial charge is 0.226 e. The highest BCUT2D eigenvalue weighted by molar-refractivity contribution is 7.98. The van der Waals surface area contributed by atoms with E-state index < -0.39 is 11.6 Å². The Morgan fingerprint density at radius 3 is 2.68 bits per heavy atom. The van der Waals surface area contributed by atoms with Crippen molar-refractivity contribution in [1.29, 1.82) is 0 Å². The molecule has 0 aliphatic carbocycles. The highest BCUT2D eigenvalue weighted by atomic mass is 32.2. The van der Waals surface area contributed by atoms with Crippen molar-refractivity contribution in [2.24, 2.45) is 0 Å². The topological polar surface area (TPSA) is 38.9 Å². The maximum absolute atomic E-state index is 13.7. The van der Waals surface area contributed by atoms with Gasteiger partial charge in [-0.25, -0.2) is 8.78 Å². The Kier molecular flexibility index (Phi) is 4.52. The van der Waals surface area contributed by atoms with Gasteiger partial charge in [0.2, 0.25) is 11.8 Å².